The minimum absolute atomic E-state index is 0.0650. The lowest BCUT2D eigenvalue weighted by Crippen LogP contribution is -2.64. The van der Waals surface area contributed by atoms with Crippen molar-refractivity contribution in [3.8, 4) is 0 Å². The second-order valence-electron chi connectivity index (χ2n) is 7.17. The zero-order valence-electron chi connectivity index (χ0n) is 14.0. The predicted molar refractivity (Wildman–Crippen MR) is 96.8 cm³/mol. The summed E-state index contributed by atoms with van der Waals surface area (Å²) in [7, 11) is 0. The number of hydrogen-bond acceptors (Lipinski definition) is 1. The van der Waals surface area contributed by atoms with Gasteiger partial charge in [0.25, 0.3) is 0 Å². The topological polar surface area (TPSA) is 20.3 Å². The molecular weight excluding hydrogens is 367 g/mol. The second-order valence-corrected chi connectivity index (χ2v) is 7.99. The van der Waals surface area contributed by atoms with Gasteiger partial charge in [-0.1, -0.05) is 62.2 Å². The molecule has 0 N–H and O–H groups in total. The lowest BCUT2D eigenvalue weighted by atomic mass is 9.85. The molecule has 1 aliphatic rings. The predicted octanol–water partition coefficient (Wildman–Crippen LogP) is 6.01. The molecule has 0 unspecified atom stereocenters. The summed E-state index contributed by atoms with van der Waals surface area (Å²) in [4.78, 5) is 13.1. The molecule has 25 heavy (non-hydrogen) atoms. The number of benzene rings is 2. The fraction of sp³-hybridized carbons (Fsp3) is 0.316. The first kappa shape index (κ1) is 18.2. The Balaban J connectivity index is 1.99. The molecule has 2 nitrogen and oxygen atoms in total. The van der Waals surface area contributed by atoms with Gasteiger partial charge in [0.2, 0.25) is 0 Å². The summed E-state index contributed by atoms with van der Waals surface area (Å²) in [6, 6.07) is 10.0. The molecule has 6 heteroatoms. The van der Waals surface area contributed by atoms with Crippen molar-refractivity contribution in [2.24, 2.45) is 0 Å². The van der Waals surface area contributed by atoms with Crippen LogP contribution >= 0.6 is 23.2 Å². The highest BCUT2D eigenvalue weighted by molar-refractivity contribution is 6.42. The third kappa shape index (κ3) is 3.02. The lowest BCUT2D eigenvalue weighted by Gasteiger charge is -2.46. The van der Waals surface area contributed by atoms with Crippen LogP contribution in [0, 0.1) is 0 Å². The van der Waals surface area contributed by atoms with Crippen LogP contribution in [0.15, 0.2) is 42.5 Å². The summed E-state index contributed by atoms with van der Waals surface area (Å²) in [6.07, 6.45) is 0. The number of carbonyl (C=O) groups excluding carboxylic acids is 1. The van der Waals surface area contributed by atoms with E-state index >= 15 is 0 Å². The smallest absolute Gasteiger partial charge is 0.293 e. The monoisotopic (exact) mass is 383 g/mol. The number of hydrogen-bond donors (Lipinski definition) is 0. The zero-order chi connectivity index (χ0) is 18.6. The number of anilines is 1. The van der Waals surface area contributed by atoms with Gasteiger partial charge in [0.05, 0.1) is 10.0 Å². The van der Waals surface area contributed by atoms with E-state index in [1.807, 2.05) is 12.1 Å². The molecular formula is C19H17Cl2F2NO. The van der Waals surface area contributed by atoms with Crippen molar-refractivity contribution in [3.05, 3.63) is 63.6 Å². The van der Waals surface area contributed by atoms with Crippen LogP contribution in [-0.4, -0.2) is 11.8 Å². The number of amides is 1. The van der Waals surface area contributed by atoms with Gasteiger partial charge in [-0.05, 0) is 40.8 Å². The maximum atomic E-state index is 14.3. The van der Waals surface area contributed by atoms with Crippen LogP contribution in [-0.2, 0) is 10.2 Å². The average Bonchev–Trinajstić information content (AvgIpc) is 2.54. The van der Waals surface area contributed by atoms with Crippen molar-refractivity contribution in [2.45, 2.75) is 38.2 Å². The van der Waals surface area contributed by atoms with Gasteiger partial charge in [0, 0.05) is 5.69 Å². The standard InChI is InChI=1S/C19H17Cl2F2NO/c1-18(2,3)12-5-7-13(8-6-12)24-16(19(22,23)17(24)25)11-4-9-14(20)15(21)10-11/h4-10,16H,1-3H3/t16-/m1/s1. The molecule has 0 bridgehead atoms. The number of rotatable bonds is 2. The van der Waals surface area contributed by atoms with Crippen LogP contribution in [0.5, 0.6) is 0 Å². The first-order valence-electron chi connectivity index (χ1n) is 7.80. The highest BCUT2D eigenvalue weighted by Crippen LogP contribution is 2.50. The van der Waals surface area contributed by atoms with E-state index in [1.165, 1.54) is 18.2 Å². The second kappa shape index (κ2) is 5.96. The van der Waals surface area contributed by atoms with Gasteiger partial charge in [-0.3, -0.25) is 9.69 Å². The third-order valence-corrected chi connectivity index (χ3v) is 5.12. The Morgan fingerprint density at radius 3 is 2.12 bits per heavy atom. The van der Waals surface area contributed by atoms with Crippen LogP contribution in [0.2, 0.25) is 10.0 Å². The minimum atomic E-state index is -3.47. The van der Waals surface area contributed by atoms with Gasteiger partial charge in [0.1, 0.15) is 6.04 Å². The third-order valence-electron chi connectivity index (χ3n) is 4.38. The molecule has 0 radical (unpaired) electrons. The number of β-lactam (4-membered cyclic amide) rings is 1. The summed E-state index contributed by atoms with van der Waals surface area (Å²) >= 11 is 11.8. The van der Waals surface area contributed by atoms with Crippen molar-refractivity contribution in [2.75, 3.05) is 4.90 Å². The summed E-state index contributed by atoms with van der Waals surface area (Å²) in [5.41, 5.74) is 1.67. The highest BCUT2D eigenvalue weighted by atomic mass is 35.5. The van der Waals surface area contributed by atoms with Crippen LogP contribution in [0.25, 0.3) is 0 Å². The maximum absolute atomic E-state index is 14.3. The number of nitrogens with zero attached hydrogens (tertiary/aromatic N) is 1. The summed E-state index contributed by atoms with van der Waals surface area (Å²) in [5.74, 6) is -4.69. The van der Waals surface area contributed by atoms with Crippen LogP contribution in [0.4, 0.5) is 14.5 Å². The van der Waals surface area contributed by atoms with Crippen molar-refractivity contribution >= 4 is 34.8 Å². The summed E-state index contributed by atoms with van der Waals surface area (Å²) in [5, 5.41) is 0.456. The van der Waals surface area contributed by atoms with Crippen LogP contribution < -0.4 is 4.90 Å². The molecule has 1 aliphatic heterocycles. The van der Waals surface area contributed by atoms with E-state index in [0.29, 0.717) is 5.69 Å². The normalized spacial score (nSPS) is 19.7. The Labute approximate surface area is 155 Å². The van der Waals surface area contributed by atoms with Crippen molar-refractivity contribution < 1.29 is 13.6 Å². The fourth-order valence-corrected chi connectivity index (χ4v) is 3.23. The molecule has 0 spiro atoms. The molecule has 0 aromatic heterocycles. The first-order valence-corrected chi connectivity index (χ1v) is 8.56. The highest BCUT2D eigenvalue weighted by Gasteiger charge is 2.64. The Kier molecular flexibility index (Phi) is 4.33. The van der Waals surface area contributed by atoms with Crippen LogP contribution in [0.1, 0.15) is 37.9 Å². The number of alkyl halides is 2. The van der Waals surface area contributed by atoms with Gasteiger partial charge in [-0.15, -0.1) is 0 Å². The fourth-order valence-electron chi connectivity index (χ4n) is 2.92. The molecule has 0 aliphatic carbocycles. The number of halogens is 4. The van der Waals surface area contributed by atoms with E-state index in [-0.39, 0.29) is 21.0 Å². The van der Waals surface area contributed by atoms with Gasteiger partial charge >= 0.3 is 11.8 Å². The quantitative estimate of drug-likeness (QED) is 0.581. The lowest BCUT2D eigenvalue weighted by molar-refractivity contribution is -0.162. The Bertz CT molecular complexity index is 828. The summed E-state index contributed by atoms with van der Waals surface area (Å²) in [6.45, 7) is 6.18. The molecule has 0 saturated carbocycles. The van der Waals surface area contributed by atoms with Crippen molar-refractivity contribution in [3.63, 3.8) is 0 Å². The molecule has 2 aromatic carbocycles. The molecule has 2 aromatic rings. The molecule has 132 valence electrons. The molecule has 1 fully saturated rings. The molecule has 1 heterocycles. The van der Waals surface area contributed by atoms with Gasteiger partial charge in [0.15, 0.2) is 0 Å². The van der Waals surface area contributed by atoms with E-state index in [9.17, 15) is 13.6 Å². The van der Waals surface area contributed by atoms with Gasteiger partial charge in [-0.2, -0.15) is 8.78 Å². The minimum Gasteiger partial charge on any atom is -0.293 e. The first-order chi connectivity index (χ1) is 11.5. The van der Waals surface area contributed by atoms with E-state index in [4.69, 9.17) is 23.2 Å². The van der Waals surface area contributed by atoms with E-state index in [1.54, 1.807) is 12.1 Å². The molecule has 1 saturated heterocycles. The van der Waals surface area contributed by atoms with Gasteiger partial charge in [-0.25, -0.2) is 0 Å². The Morgan fingerprint density at radius 2 is 1.60 bits per heavy atom. The maximum Gasteiger partial charge on any atom is 0.349 e. The van der Waals surface area contributed by atoms with Crippen LogP contribution in [0.3, 0.4) is 0 Å². The largest absolute Gasteiger partial charge is 0.349 e. The van der Waals surface area contributed by atoms with E-state index in [0.717, 1.165) is 10.5 Å². The average molecular weight is 384 g/mol. The Morgan fingerprint density at radius 1 is 1.00 bits per heavy atom. The molecule has 3 rings (SSSR count). The number of carbonyl (C=O) groups is 1. The van der Waals surface area contributed by atoms with E-state index < -0.39 is 17.9 Å². The van der Waals surface area contributed by atoms with E-state index in [2.05, 4.69) is 20.8 Å². The molecule has 1 atom stereocenters. The zero-order valence-corrected chi connectivity index (χ0v) is 15.5. The van der Waals surface area contributed by atoms with Crippen molar-refractivity contribution in [1.29, 1.82) is 0 Å². The molecule has 1 amide bonds. The SMILES string of the molecule is CC(C)(C)c1ccc(N2C(=O)C(F)(F)[C@H]2c2ccc(Cl)c(Cl)c2)cc1. The Hall–Kier alpha value is -1.65. The van der Waals surface area contributed by atoms with Gasteiger partial charge < -0.3 is 0 Å². The summed E-state index contributed by atoms with van der Waals surface area (Å²) < 4.78 is 28.5. The van der Waals surface area contributed by atoms with Crippen molar-refractivity contribution in [1.82, 2.24) is 0 Å².